The minimum atomic E-state index is -0.927. The summed E-state index contributed by atoms with van der Waals surface area (Å²) in [5.41, 5.74) is 1.80. The molecule has 0 unspecified atom stereocenters. The second-order valence-electron chi connectivity index (χ2n) is 7.96. The predicted molar refractivity (Wildman–Crippen MR) is 104 cm³/mol. The lowest BCUT2D eigenvalue weighted by atomic mass is 9.83. The highest BCUT2D eigenvalue weighted by Gasteiger charge is 2.29. The molecule has 26 heavy (non-hydrogen) atoms. The Labute approximate surface area is 159 Å². The van der Waals surface area contributed by atoms with E-state index in [1.807, 2.05) is 25.1 Å². The zero-order chi connectivity index (χ0) is 18.9. The molecule has 0 aliphatic heterocycles. The molecule has 3 rings (SSSR count). The van der Waals surface area contributed by atoms with Gasteiger partial charge in [-0.15, -0.1) is 0 Å². The van der Waals surface area contributed by atoms with Crippen molar-refractivity contribution < 1.29 is 10.2 Å². The Hall–Kier alpha value is -1.69. The fourth-order valence-electron chi connectivity index (χ4n) is 3.27. The van der Waals surface area contributed by atoms with Gasteiger partial charge < -0.3 is 15.5 Å². The van der Waals surface area contributed by atoms with Gasteiger partial charge in [0, 0.05) is 35.2 Å². The monoisotopic (exact) mass is 375 g/mol. The van der Waals surface area contributed by atoms with Gasteiger partial charge >= 0.3 is 0 Å². The number of halogens is 1. The summed E-state index contributed by atoms with van der Waals surface area (Å²) in [6.45, 7) is 5.36. The van der Waals surface area contributed by atoms with Crippen molar-refractivity contribution in [1.29, 1.82) is 0 Å². The van der Waals surface area contributed by atoms with E-state index in [4.69, 9.17) is 11.6 Å². The molecule has 1 fully saturated rings. The predicted octanol–water partition coefficient (Wildman–Crippen LogP) is 4.13. The molecule has 140 valence electrons. The van der Waals surface area contributed by atoms with Crippen molar-refractivity contribution in [2.24, 2.45) is 0 Å². The summed E-state index contributed by atoms with van der Waals surface area (Å²) >= 11 is 6.11. The highest BCUT2D eigenvalue weighted by atomic mass is 35.5. The van der Waals surface area contributed by atoms with E-state index in [2.05, 4.69) is 15.3 Å². The van der Waals surface area contributed by atoms with Gasteiger partial charge in [0.25, 0.3) is 0 Å². The lowest BCUT2D eigenvalue weighted by Crippen LogP contribution is -2.35. The number of rotatable bonds is 4. The van der Waals surface area contributed by atoms with E-state index in [-0.39, 0.29) is 6.04 Å². The number of anilines is 1. The summed E-state index contributed by atoms with van der Waals surface area (Å²) in [6, 6.07) is 5.85. The van der Waals surface area contributed by atoms with Crippen LogP contribution in [0.25, 0.3) is 11.3 Å². The summed E-state index contributed by atoms with van der Waals surface area (Å²) in [5, 5.41) is 24.2. The third-order valence-corrected chi connectivity index (χ3v) is 5.25. The summed E-state index contributed by atoms with van der Waals surface area (Å²) in [4.78, 5) is 8.70. The zero-order valence-electron chi connectivity index (χ0n) is 15.5. The molecule has 0 aromatic carbocycles. The first-order chi connectivity index (χ1) is 12.1. The first-order valence-electron chi connectivity index (χ1n) is 8.98. The van der Waals surface area contributed by atoms with Crippen molar-refractivity contribution in [1.82, 2.24) is 9.97 Å². The van der Waals surface area contributed by atoms with Crippen LogP contribution in [0.2, 0.25) is 5.15 Å². The lowest BCUT2D eigenvalue weighted by molar-refractivity contribution is 0.0196. The third kappa shape index (κ3) is 4.53. The Morgan fingerprint density at radius 2 is 1.88 bits per heavy atom. The number of pyridine rings is 2. The highest BCUT2D eigenvalue weighted by molar-refractivity contribution is 6.29. The molecule has 1 aliphatic carbocycles. The van der Waals surface area contributed by atoms with Crippen molar-refractivity contribution in [3.8, 4) is 11.3 Å². The molecule has 0 atom stereocenters. The maximum Gasteiger partial charge on any atom is 0.131 e. The van der Waals surface area contributed by atoms with E-state index < -0.39 is 11.2 Å². The maximum absolute atomic E-state index is 10.1. The fourth-order valence-corrected chi connectivity index (χ4v) is 3.43. The normalized spacial score (nSPS) is 23.7. The van der Waals surface area contributed by atoms with Crippen LogP contribution in [-0.2, 0) is 5.60 Å². The molecule has 1 saturated carbocycles. The summed E-state index contributed by atoms with van der Waals surface area (Å²) in [5.74, 6) is 0. The fraction of sp³-hybridized carbons (Fsp3) is 0.500. The Balaban J connectivity index is 1.84. The minimum Gasteiger partial charge on any atom is -0.390 e. The van der Waals surface area contributed by atoms with Gasteiger partial charge in [0.15, 0.2) is 0 Å². The van der Waals surface area contributed by atoms with Gasteiger partial charge in [-0.25, -0.2) is 4.98 Å². The Morgan fingerprint density at radius 1 is 1.19 bits per heavy atom. The van der Waals surface area contributed by atoms with Crippen molar-refractivity contribution in [2.75, 3.05) is 5.32 Å². The average Bonchev–Trinajstić information content (AvgIpc) is 2.56. The second-order valence-corrected chi connectivity index (χ2v) is 8.35. The van der Waals surface area contributed by atoms with E-state index in [0.717, 1.165) is 48.2 Å². The molecule has 2 aromatic rings. The van der Waals surface area contributed by atoms with Crippen LogP contribution in [0.5, 0.6) is 0 Å². The van der Waals surface area contributed by atoms with Crippen molar-refractivity contribution >= 4 is 17.3 Å². The number of aliphatic hydroxyl groups is 2. The topological polar surface area (TPSA) is 78.3 Å². The Morgan fingerprint density at radius 3 is 2.46 bits per heavy atom. The number of aromatic nitrogens is 2. The van der Waals surface area contributed by atoms with Gasteiger partial charge in [0.1, 0.15) is 5.15 Å². The summed E-state index contributed by atoms with van der Waals surface area (Å²) in [7, 11) is 0. The standard InChI is InChI=1S/C20H26ClN3O2/c1-19(2,25)13-4-5-16(22-11-13)15-12-23-18(21)10-17(15)24-14-6-8-20(3,26)9-7-14/h4-5,10-12,14,25-26H,6-9H2,1-3H3,(H,23,24). The molecule has 2 heterocycles. The van der Waals surface area contributed by atoms with Crippen LogP contribution < -0.4 is 5.32 Å². The number of nitrogens with zero attached hydrogens (tertiary/aromatic N) is 2. The van der Waals surface area contributed by atoms with Gasteiger partial charge in [-0.2, -0.15) is 0 Å². The minimum absolute atomic E-state index is 0.281. The van der Waals surface area contributed by atoms with Crippen LogP contribution in [0.1, 0.15) is 52.0 Å². The molecule has 5 nitrogen and oxygen atoms in total. The number of hydrogen-bond acceptors (Lipinski definition) is 5. The molecule has 0 saturated heterocycles. The van der Waals surface area contributed by atoms with Crippen LogP contribution >= 0.6 is 11.6 Å². The largest absolute Gasteiger partial charge is 0.390 e. The molecule has 3 N–H and O–H groups in total. The molecule has 1 aliphatic rings. The van der Waals surface area contributed by atoms with Gasteiger partial charge in [-0.3, -0.25) is 4.98 Å². The second kappa shape index (κ2) is 7.14. The van der Waals surface area contributed by atoms with Crippen LogP contribution in [0.15, 0.2) is 30.6 Å². The van der Waals surface area contributed by atoms with Crippen molar-refractivity contribution in [3.63, 3.8) is 0 Å². The molecular weight excluding hydrogens is 350 g/mol. The first kappa shape index (κ1) is 19.1. The van der Waals surface area contributed by atoms with Gasteiger partial charge in [-0.05, 0) is 58.6 Å². The molecular formula is C20H26ClN3O2. The van der Waals surface area contributed by atoms with E-state index >= 15 is 0 Å². The van der Waals surface area contributed by atoms with Crippen LogP contribution in [-0.4, -0.2) is 31.8 Å². The summed E-state index contributed by atoms with van der Waals surface area (Å²) < 4.78 is 0. The molecule has 6 heteroatoms. The number of nitrogens with one attached hydrogen (secondary N) is 1. The molecule has 2 aromatic heterocycles. The van der Waals surface area contributed by atoms with Crippen LogP contribution in [0.4, 0.5) is 5.69 Å². The first-order valence-corrected chi connectivity index (χ1v) is 9.36. The molecule has 0 spiro atoms. The smallest absolute Gasteiger partial charge is 0.131 e. The number of hydrogen-bond donors (Lipinski definition) is 3. The Bertz CT molecular complexity index is 760. The lowest BCUT2D eigenvalue weighted by Gasteiger charge is -2.34. The van der Waals surface area contributed by atoms with E-state index in [1.165, 1.54) is 0 Å². The maximum atomic E-state index is 10.1. The van der Waals surface area contributed by atoms with Gasteiger partial charge in [0.2, 0.25) is 0 Å². The SMILES string of the molecule is CC1(O)CCC(Nc2cc(Cl)ncc2-c2ccc(C(C)(C)O)cn2)CC1. The van der Waals surface area contributed by atoms with Crippen LogP contribution in [0, 0.1) is 0 Å². The zero-order valence-corrected chi connectivity index (χ0v) is 16.2. The quantitative estimate of drug-likeness (QED) is 0.700. The molecule has 0 bridgehead atoms. The third-order valence-electron chi connectivity index (χ3n) is 5.04. The van der Waals surface area contributed by atoms with E-state index in [1.54, 1.807) is 26.2 Å². The highest BCUT2D eigenvalue weighted by Crippen LogP contribution is 2.34. The summed E-state index contributed by atoms with van der Waals surface area (Å²) in [6.07, 6.45) is 6.75. The van der Waals surface area contributed by atoms with E-state index in [9.17, 15) is 10.2 Å². The van der Waals surface area contributed by atoms with E-state index in [0.29, 0.717) is 5.15 Å². The molecule has 0 radical (unpaired) electrons. The Kier molecular flexibility index (Phi) is 5.24. The van der Waals surface area contributed by atoms with Gasteiger partial charge in [-0.1, -0.05) is 17.7 Å². The van der Waals surface area contributed by atoms with Crippen molar-refractivity contribution in [2.45, 2.75) is 63.7 Å². The van der Waals surface area contributed by atoms with Crippen molar-refractivity contribution in [3.05, 3.63) is 41.3 Å². The average molecular weight is 376 g/mol. The molecule has 0 amide bonds. The van der Waals surface area contributed by atoms with Crippen LogP contribution in [0.3, 0.4) is 0 Å². The van der Waals surface area contributed by atoms with Gasteiger partial charge in [0.05, 0.1) is 16.9 Å².